The third-order valence-electron chi connectivity index (χ3n) is 3.42. The molecule has 1 atom stereocenters. The Morgan fingerprint density at radius 2 is 1.83 bits per heavy atom. The second-order valence-electron chi connectivity index (χ2n) is 4.96. The van der Waals surface area contributed by atoms with Crippen molar-refractivity contribution < 1.29 is 19.4 Å². The van der Waals surface area contributed by atoms with Crippen molar-refractivity contribution in [2.75, 3.05) is 20.8 Å². The molecule has 0 saturated carbocycles. The smallest absolute Gasteiger partial charge is 0.252 e. The van der Waals surface area contributed by atoms with Crippen LogP contribution in [-0.2, 0) is 0 Å². The van der Waals surface area contributed by atoms with Crippen molar-refractivity contribution >= 4 is 29.1 Å². The number of aliphatic hydroxyl groups is 1. The minimum Gasteiger partial charge on any atom is -0.493 e. The van der Waals surface area contributed by atoms with E-state index >= 15 is 0 Å². The third kappa shape index (κ3) is 4.32. The fourth-order valence-corrected chi connectivity index (χ4v) is 2.51. The lowest BCUT2D eigenvalue weighted by Crippen LogP contribution is -2.28. The van der Waals surface area contributed by atoms with Crippen molar-refractivity contribution in [3.8, 4) is 11.5 Å². The fourth-order valence-electron chi connectivity index (χ4n) is 2.13. The quantitative estimate of drug-likeness (QED) is 0.817. The highest BCUT2D eigenvalue weighted by molar-refractivity contribution is 6.35. The van der Waals surface area contributed by atoms with Gasteiger partial charge in [0.15, 0.2) is 11.5 Å². The van der Waals surface area contributed by atoms with Gasteiger partial charge in [0, 0.05) is 11.6 Å². The first-order valence-electron chi connectivity index (χ1n) is 7.09. The van der Waals surface area contributed by atoms with Crippen molar-refractivity contribution in [3.63, 3.8) is 0 Å². The molecule has 0 aliphatic heterocycles. The molecule has 2 rings (SSSR count). The molecule has 0 aromatic heterocycles. The van der Waals surface area contributed by atoms with E-state index in [4.69, 9.17) is 32.7 Å². The van der Waals surface area contributed by atoms with Crippen LogP contribution in [-0.4, -0.2) is 31.8 Å². The molecule has 0 saturated heterocycles. The molecule has 128 valence electrons. The first kappa shape index (κ1) is 18.4. The monoisotopic (exact) mass is 369 g/mol. The number of nitrogens with one attached hydrogen (secondary N) is 1. The average Bonchev–Trinajstić information content (AvgIpc) is 2.60. The number of hydrogen-bond donors (Lipinski definition) is 2. The van der Waals surface area contributed by atoms with E-state index in [9.17, 15) is 9.90 Å². The lowest BCUT2D eigenvalue weighted by Gasteiger charge is -2.15. The highest BCUT2D eigenvalue weighted by atomic mass is 35.5. The number of halogens is 2. The number of methoxy groups -OCH3 is 2. The molecule has 0 fully saturated rings. The van der Waals surface area contributed by atoms with E-state index < -0.39 is 12.0 Å². The van der Waals surface area contributed by atoms with Gasteiger partial charge in [-0.2, -0.15) is 0 Å². The zero-order chi connectivity index (χ0) is 17.7. The molecule has 0 heterocycles. The number of amides is 1. The van der Waals surface area contributed by atoms with Crippen molar-refractivity contribution in [3.05, 3.63) is 57.6 Å². The van der Waals surface area contributed by atoms with Crippen LogP contribution >= 0.6 is 23.2 Å². The summed E-state index contributed by atoms with van der Waals surface area (Å²) in [5.41, 5.74) is 0.841. The Bertz CT molecular complexity index is 737. The van der Waals surface area contributed by atoms with Gasteiger partial charge in [-0.25, -0.2) is 0 Å². The number of aliphatic hydroxyl groups excluding tert-OH is 1. The van der Waals surface area contributed by atoms with E-state index in [1.165, 1.54) is 20.3 Å². The van der Waals surface area contributed by atoms with Gasteiger partial charge in [0.2, 0.25) is 0 Å². The van der Waals surface area contributed by atoms with E-state index in [1.807, 2.05) is 0 Å². The van der Waals surface area contributed by atoms with Crippen LogP contribution < -0.4 is 14.8 Å². The number of ether oxygens (including phenoxy) is 2. The molecule has 5 nitrogen and oxygen atoms in total. The lowest BCUT2D eigenvalue weighted by atomic mass is 10.1. The zero-order valence-electron chi connectivity index (χ0n) is 13.2. The maximum absolute atomic E-state index is 12.2. The number of carbonyl (C=O) groups is 1. The summed E-state index contributed by atoms with van der Waals surface area (Å²) < 4.78 is 10.3. The second-order valence-corrected chi connectivity index (χ2v) is 5.81. The maximum atomic E-state index is 12.2. The molecule has 2 aromatic carbocycles. The van der Waals surface area contributed by atoms with Gasteiger partial charge in [0.05, 0.1) is 30.9 Å². The molecule has 0 aliphatic carbocycles. The van der Waals surface area contributed by atoms with E-state index in [1.54, 1.807) is 30.3 Å². The van der Waals surface area contributed by atoms with Gasteiger partial charge in [0.25, 0.3) is 5.91 Å². The summed E-state index contributed by atoms with van der Waals surface area (Å²) in [6.45, 7) is 0.0111. The molecule has 2 aromatic rings. The topological polar surface area (TPSA) is 67.8 Å². The minimum atomic E-state index is -0.910. The first-order valence-corrected chi connectivity index (χ1v) is 7.85. The minimum absolute atomic E-state index is 0.0111. The van der Waals surface area contributed by atoms with Crippen molar-refractivity contribution in [2.24, 2.45) is 0 Å². The zero-order valence-corrected chi connectivity index (χ0v) is 14.7. The molecule has 0 spiro atoms. The summed E-state index contributed by atoms with van der Waals surface area (Å²) in [6.07, 6.45) is -0.910. The van der Waals surface area contributed by atoms with Crippen LogP contribution in [0.25, 0.3) is 0 Å². The summed E-state index contributed by atoms with van der Waals surface area (Å²) in [7, 11) is 3.04. The van der Waals surface area contributed by atoms with Gasteiger partial charge in [-0.05, 0) is 35.9 Å². The fraction of sp³-hybridized carbons (Fsp3) is 0.235. The second kappa shape index (κ2) is 8.24. The molecule has 0 unspecified atom stereocenters. The van der Waals surface area contributed by atoms with Gasteiger partial charge in [0.1, 0.15) is 0 Å². The van der Waals surface area contributed by atoms with E-state index in [-0.39, 0.29) is 17.1 Å². The highest BCUT2D eigenvalue weighted by Gasteiger charge is 2.15. The summed E-state index contributed by atoms with van der Waals surface area (Å²) in [6, 6.07) is 9.66. The largest absolute Gasteiger partial charge is 0.493 e. The lowest BCUT2D eigenvalue weighted by molar-refractivity contribution is 0.0916. The molecule has 7 heteroatoms. The summed E-state index contributed by atoms with van der Waals surface area (Å²) >= 11 is 11.9. The Balaban J connectivity index is 2.06. The Morgan fingerprint density at radius 1 is 1.12 bits per heavy atom. The highest BCUT2D eigenvalue weighted by Crippen LogP contribution is 2.30. The number of carbonyl (C=O) groups excluding carboxylic acids is 1. The van der Waals surface area contributed by atoms with Crippen molar-refractivity contribution in [1.82, 2.24) is 5.32 Å². The molecule has 2 N–H and O–H groups in total. The van der Waals surface area contributed by atoms with Crippen LogP contribution in [0.5, 0.6) is 11.5 Å². The van der Waals surface area contributed by atoms with Crippen molar-refractivity contribution in [1.29, 1.82) is 0 Å². The van der Waals surface area contributed by atoms with Gasteiger partial charge in [-0.3, -0.25) is 4.79 Å². The molecular formula is C17H17Cl2NO4. The predicted molar refractivity (Wildman–Crippen MR) is 93.3 cm³/mol. The van der Waals surface area contributed by atoms with Crippen LogP contribution in [0.4, 0.5) is 0 Å². The Labute approximate surface area is 150 Å². The summed E-state index contributed by atoms with van der Waals surface area (Å²) in [5.74, 6) is 0.642. The molecular weight excluding hydrogens is 353 g/mol. The molecule has 0 radical (unpaired) electrons. The molecule has 0 bridgehead atoms. The van der Waals surface area contributed by atoms with E-state index in [0.717, 1.165) is 0 Å². The van der Waals surface area contributed by atoms with Crippen LogP contribution in [0.15, 0.2) is 36.4 Å². The standard InChI is InChI=1S/C17H17Cl2NO4/c1-23-15-6-3-10(7-16(15)24-2)14(21)9-20-17(22)12-8-11(18)4-5-13(12)19/h3-8,14,21H,9H2,1-2H3,(H,20,22)/t14-/m1/s1. The van der Waals surface area contributed by atoms with Gasteiger partial charge in [-0.1, -0.05) is 29.3 Å². The number of rotatable bonds is 6. The molecule has 1 amide bonds. The van der Waals surface area contributed by atoms with Crippen molar-refractivity contribution in [2.45, 2.75) is 6.10 Å². The van der Waals surface area contributed by atoms with Crippen LogP contribution in [0.1, 0.15) is 22.0 Å². The van der Waals surface area contributed by atoms with Gasteiger partial charge < -0.3 is 19.9 Å². The SMILES string of the molecule is COc1ccc([C@H](O)CNC(=O)c2cc(Cl)ccc2Cl)cc1OC. The Morgan fingerprint density at radius 3 is 2.50 bits per heavy atom. The van der Waals surface area contributed by atoms with Crippen LogP contribution in [0.2, 0.25) is 10.0 Å². The predicted octanol–water partition coefficient (Wildman–Crippen LogP) is 3.47. The van der Waals surface area contributed by atoms with Gasteiger partial charge in [-0.15, -0.1) is 0 Å². The van der Waals surface area contributed by atoms with Crippen LogP contribution in [0, 0.1) is 0 Å². The maximum Gasteiger partial charge on any atom is 0.252 e. The molecule has 0 aliphatic rings. The average molecular weight is 370 g/mol. The molecule has 24 heavy (non-hydrogen) atoms. The summed E-state index contributed by atoms with van der Waals surface area (Å²) in [4.78, 5) is 12.2. The van der Waals surface area contributed by atoms with E-state index in [2.05, 4.69) is 5.32 Å². The van der Waals surface area contributed by atoms with Gasteiger partial charge >= 0.3 is 0 Å². The summed E-state index contributed by atoms with van der Waals surface area (Å²) in [5, 5.41) is 13.6. The third-order valence-corrected chi connectivity index (χ3v) is 3.99. The number of benzene rings is 2. The Kier molecular flexibility index (Phi) is 6.31. The van der Waals surface area contributed by atoms with E-state index in [0.29, 0.717) is 22.1 Å². The number of hydrogen-bond acceptors (Lipinski definition) is 4. The normalized spacial score (nSPS) is 11.7. The van der Waals surface area contributed by atoms with Crippen LogP contribution in [0.3, 0.4) is 0 Å². The first-order chi connectivity index (χ1) is 11.5. The Hall–Kier alpha value is -1.95.